The van der Waals surface area contributed by atoms with Crippen molar-refractivity contribution in [1.29, 1.82) is 0 Å². The van der Waals surface area contributed by atoms with Crippen molar-refractivity contribution >= 4 is 22.6 Å². The van der Waals surface area contributed by atoms with Crippen molar-refractivity contribution in [3.8, 4) is 0 Å². The van der Waals surface area contributed by atoms with E-state index in [0.29, 0.717) is 17.3 Å². The average molecular weight is 278 g/mol. The Kier molecular flexibility index (Phi) is 3.25. The first-order valence-electron chi connectivity index (χ1n) is 7.00. The minimum Gasteiger partial charge on any atom is -0.324 e. The molecule has 0 spiro atoms. The Bertz CT molecular complexity index is 588. The number of alkyl halides is 1. The molecule has 1 saturated carbocycles. The number of hydrogen-bond donors (Lipinski definition) is 0. The van der Waals surface area contributed by atoms with E-state index in [1.807, 2.05) is 12.4 Å². The van der Waals surface area contributed by atoms with Crippen molar-refractivity contribution in [3.05, 3.63) is 24.3 Å². The van der Waals surface area contributed by atoms with Gasteiger partial charge in [0.25, 0.3) is 0 Å². The minimum absolute atomic E-state index is 0.331. The largest absolute Gasteiger partial charge is 0.324 e. The van der Waals surface area contributed by atoms with Crippen LogP contribution in [0.15, 0.2) is 18.5 Å². The first kappa shape index (κ1) is 12.9. The van der Waals surface area contributed by atoms with E-state index in [1.54, 1.807) is 0 Å². The van der Waals surface area contributed by atoms with Crippen molar-refractivity contribution in [2.24, 2.45) is 5.41 Å². The number of imidazole rings is 1. The van der Waals surface area contributed by atoms with Gasteiger partial charge in [-0.15, -0.1) is 11.6 Å². The summed E-state index contributed by atoms with van der Waals surface area (Å²) in [5.41, 5.74) is 2.53. The van der Waals surface area contributed by atoms with Gasteiger partial charge in [0.1, 0.15) is 11.3 Å². The van der Waals surface area contributed by atoms with Crippen LogP contribution >= 0.6 is 11.6 Å². The molecule has 1 unspecified atom stereocenters. The Morgan fingerprint density at radius 1 is 1.47 bits per heavy atom. The van der Waals surface area contributed by atoms with Crippen molar-refractivity contribution in [1.82, 2.24) is 14.5 Å². The summed E-state index contributed by atoms with van der Waals surface area (Å²) in [7, 11) is 0. The molecule has 0 aliphatic heterocycles. The predicted molar refractivity (Wildman–Crippen MR) is 78.6 cm³/mol. The molecule has 0 bridgehead atoms. The Morgan fingerprint density at radius 2 is 2.32 bits per heavy atom. The van der Waals surface area contributed by atoms with E-state index in [0.717, 1.165) is 17.8 Å². The van der Waals surface area contributed by atoms with Crippen LogP contribution in [0.5, 0.6) is 0 Å². The molecular weight excluding hydrogens is 258 g/mol. The molecule has 2 aromatic heterocycles. The lowest BCUT2D eigenvalue weighted by molar-refractivity contribution is 0.261. The number of hydrogen-bond acceptors (Lipinski definition) is 2. The molecule has 2 aromatic rings. The number of halogens is 1. The van der Waals surface area contributed by atoms with E-state index in [2.05, 4.69) is 29.5 Å². The molecule has 0 N–H and O–H groups in total. The summed E-state index contributed by atoms with van der Waals surface area (Å²) in [5, 5.41) is 0. The summed E-state index contributed by atoms with van der Waals surface area (Å²) in [5.74, 6) is 1.72. The van der Waals surface area contributed by atoms with Crippen molar-refractivity contribution < 1.29 is 0 Å². The van der Waals surface area contributed by atoms with Crippen molar-refractivity contribution in [2.75, 3.05) is 5.88 Å². The SMILES string of the molecule is CC1(C)CCCC1n1c(CCCl)nc2cnccc21. The van der Waals surface area contributed by atoms with E-state index in [1.165, 1.54) is 24.8 Å². The molecule has 3 nitrogen and oxygen atoms in total. The summed E-state index contributed by atoms with van der Waals surface area (Å²) in [6.45, 7) is 4.73. The van der Waals surface area contributed by atoms with Gasteiger partial charge in [-0.1, -0.05) is 20.3 Å². The number of fused-ring (bicyclic) bond motifs is 1. The zero-order chi connectivity index (χ0) is 13.5. The molecule has 1 aliphatic carbocycles. The third kappa shape index (κ3) is 2.14. The zero-order valence-corrected chi connectivity index (χ0v) is 12.3. The van der Waals surface area contributed by atoms with Gasteiger partial charge in [0.2, 0.25) is 0 Å². The van der Waals surface area contributed by atoms with Crippen LogP contribution in [0.2, 0.25) is 0 Å². The van der Waals surface area contributed by atoms with E-state index in [4.69, 9.17) is 16.6 Å². The summed E-state index contributed by atoms with van der Waals surface area (Å²) in [6, 6.07) is 2.60. The lowest BCUT2D eigenvalue weighted by atomic mass is 9.87. The molecule has 0 aromatic carbocycles. The maximum atomic E-state index is 5.94. The fraction of sp³-hybridized carbons (Fsp3) is 0.600. The number of rotatable bonds is 3. The number of pyridine rings is 1. The van der Waals surface area contributed by atoms with Gasteiger partial charge in [-0.25, -0.2) is 4.98 Å². The van der Waals surface area contributed by atoms with E-state index < -0.39 is 0 Å². The highest BCUT2D eigenvalue weighted by molar-refractivity contribution is 6.17. The Morgan fingerprint density at radius 3 is 3.00 bits per heavy atom. The molecule has 1 fully saturated rings. The minimum atomic E-state index is 0.331. The molecule has 1 aliphatic rings. The highest BCUT2D eigenvalue weighted by Crippen LogP contribution is 2.47. The van der Waals surface area contributed by atoms with Crippen LogP contribution in [0.1, 0.15) is 45.0 Å². The highest BCUT2D eigenvalue weighted by atomic mass is 35.5. The second kappa shape index (κ2) is 4.78. The van der Waals surface area contributed by atoms with Crippen LogP contribution in [-0.2, 0) is 6.42 Å². The van der Waals surface area contributed by atoms with Gasteiger partial charge < -0.3 is 4.57 Å². The molecule has 19 heavy (non-hydrogen) atoms. The Labute approximate surface area is 119 Å². The smallest absolute Gasteiger partial charge is 0.111 e. The maximum Gasteiger partial charge on any atom is 0.111 e. The van der Waals surface area contributed by atoms with Crippen LogP contribution in [0.25, 0.3) is 11.0 Å². The monoisotopic (exact) mass is 277 g/mol. The number of aromatic nitrogens is 3. The lowest BCUT2D eigenvalue weighted by Crippen LogP contribution is -2.23. The molecule has 0 radical (unpaired) electrons. The third-order valence-electron chi connectivity index (χ3n) is 4.40. The number of nitrogens with zero attached hydrogens (tertiary/aromatic N) is 3. The summed E-state index contributed by atoms with van der Waals surface area (Å²) in [6.07, 6.45) is 8.34. The van der Waals surface area contributed by atoms with Gasteiger partial charge in [-0.3, -0.25) is 4.98 Å². The fourth-order valence-corrected chi connectivity index (χ4v) is 3.57. The van der Waals surface area contributed by atoms with E-state index in [-0.39, 0.29) is 0 Å². The molecule has 1 atom stereocenters. The van der Waals surface area contributed by atoms with Crippen LogP contribution < -0.4 is 0 Å². The van der Waals surface area contributed by atoms with E-state index in [9.17, 15) is 0 Å². The van der Waals surface area contributed by atoms with Gasteiger partial charge in [0, 0.05) is 24.5 Å². The first-order valence-corrected chi connectivity index (χ1v) is 7.54. The quantitative estimate of drug-likeness (QED) is 0.795. The lowest BCUT2D eigenvalue weighted by Gasteiger charge is -2.30. The zero-order valence-electron chi connectivity index (χ0n) is 11.6. The normalized spacial score (nSPS) is 22.2. The first-order chi connectivity index (χ1) is 9.13. The Hall–Kier alpha value is -1.09. The molecule has 3 rings (SSSR count). The van der Waals surface area contributed by atoms with Crippen molar-refractivity contribution in [3.63, 3.8) is 0 Å². The Balaban J connectivity index is 2.17. The van der Waals surface area contributed by atoms with Crippen LogP contribution in [0, 0.1) is 5.41 Å². The van der Waals surface area contributed by atoms with Gasteiger partial charge in [0.05, 0.1) is 11.7 Å². The summed E-state index contributed by atoms with van der Waals surface area (Å²) >= 11 is 5.94. The topological polar surface area (TPSA) is 30.7 Å². The van der Waals surface area contributed by atoms with Crippen LogP contribution in [0.4, 0.5) is 0 Å². The second-order valence-corrected chi connectivity index (χ2v) is 6.48. The van der Waals surface area contributed by atoms with Crippen molar-refractivity contribution in [2.45, 2.75) is 45.6 Å². The molecule has 4 heteroatoms. The maximum absolute atomic E-state index is 5.94. The summed E-state index contributed by atoms with van der Waals surface area (Å²) in [4.78, 5) is 8.91. The molecular formula is C15H20ClN3. The summed E-state index contributed by atoms with van der Waals surface area (Å²) < 4.78 is 2.42. The average Bonchev–Trinajstić information content (AvgIpc) is 2.89. The van der Waals surface area contributed by atoms with Gasteiger partial charge in [0.15, 0.2) is 0 Å². The number of aryl methyl sites for hydroxylation is 1. The predicted octanol–water partition coefficient (Wildman–Crippen LogP) is 3.96. The van der Waals surface area contributed by atoms with Crippen LogP contribution in [-0.4, -0.2) is 20.4 Å². The molecule has 0 amide bonds. The standard InChI is InChI=1S/C15H20ClN3/c1-15(2)7-3-4-13(15)19-12-6-9-17-10-11(12)18-14(19)5-8-16/h6,9-10,13H,3-5,7-8H2,1-2H3. The molecule has 102 valence electrons. The van der Waals surface area contributed by atoms with Gasteiger partial charge >= 0.3 is 0 Å². The fourth-order valence-electron chi connectivity index (χ4n) is 3.40. The van der Waals surface area contributed by atoms with Gasteiger partial charge in [-0.05, 0) is 24.3 Å². The van der Waals surface area contributed by atoms with Gasteiger partial charge in [-0.2, -0.15) is 0 Å². The van der Waals surface area contributed by atoms with E-state index >= 15 is 0 Å². The third-order valence-corrected chi connectivity index (χ3v) is 4.58. The molecule has 2 heterocycles. The highest BCUT2D eigenvalue weighted by Gasteiger charge is 2.37. The molecule has 0 saturated heterocycles. The van der Waals surface area contributed by atoms with Crippen LogP contribution in [0.3, 0.4) is 0 Å². The second-order valence-electron chi connectivity index (χ2n) is 6.10.